The lowest BCUT2D eigenvalue weighted by atomic mass is 10.1. The summed E-state index contributed by atoms with van der Waals surface area (Å²) in [6.45, 7) is 0. The van der Waals surface area contributed by atoms with Crippen molar-refractivity contribution in [2.24, 2.45) is 0 Å². The van der Waals surface area contributed by atoms with Gasteiger partial charge in [0.15, 0.2) is 6.29 Å². The minimum atomic E-state index is -3.00. The van der Waals surface area contributed by atoms with Crippen molar-refractivity contribution in [2.45, 2.75) is 6.43 Å². The topological polar surface area (TPSA) is 30.0 Å². The highest BCUT2D eigenvalue weighted by atomic mass is 35.5. The van der Waals surface area contributed by atoms with Gasteiger partial charge in [-0.2, -0.15) is 4.39 Å². The van der Waals surface area contributed by atoms with Gasteiger partial charge in [-0.1, -0.05) is 11.6 Å². The van der Waals surface area contributed by atoms with Crippen molar-refractivity contribution in [1.82, 2.24) is 4.98 Å². The van der Waals surface area contributed by atoms with E-state index in [9.17, 15) is 18.0 Å². The lowest BCUT2D eigenvalue weighted by molar-refractivity contribution is 0.110. The zero-order valence-corrected chi connectivity index (χ0v) is 6.86. The van der Waals surface area contributed by atoms with Crippen molar-refractivity contribution in [1.29, 1.82) is 0 Å². The Hall–Kier alpha value is -1.10. The quantitative estimate of drug-likeness (QED) is 0.554. The van der Waals surface area contributed by atoms with Crippen LogP contribution in [0, 0.1) is 5.95 Å². The van der Waals surface area contributed by atoms with Crippen LogP contribution >= 0.6 is 11.6 Å². The minimum Gasteiger partial charge on any atom is -0.298 e. The molecule has 13 heavy (non-hydrogen) atoms. The Balaban J connectivity index is 3.43. The fourth-order valence-corrected chi connectivity index (χ4v) is 1.06. The predicted molar refractivity (Wildman–Crippen MR) is 39.5 cm³/mol. The first-order valence-electron chi connectivity index (χ1n) is 3.15. The lowest BCUT2D eigenvalue weighted by Gasteiger charge is -2.05. The number of alkyl halides is 2. The average Bonchev–Trinajstić information content (AvgIpc) is 2.07. The van der Waals surface area contributed by atoms with Gasteiger partial charge in [-0.15, -0.1) is 0 Å². The van der Waals surface area contributed by atoms with Gasteiger partial charge in [0.05, 0.1) is 16.1 Å². The molecule has 70 valence electrons. The molecule has 0 radical (unpaired) electrons. The van der Waals surface area contributed by atoms with E-state index in [0.717, 1.165) is 6.20 Å². The number of halogens is 4. The van der Waals surface area contributed by atoms with E-state index in [1.165, 1.54) is 0 Å². The first-order valence-corrected chi connectivity index (χ1v) is 3.53. The molecule has 0 unspecified atom stereocenters. The van der Waals surface area contributed by atoms with Gasteiger partial charge in [-0.05, 0) is 0 Å². The van der Waals surface area contributed by atoms with Crippen molar-refractivity contribution in [3.63, 3.8) is 0 Å². The summed E-state index contributed by atoms with van der Waals surface area (Å²) >= 11 is 5.31. The van der Waals surface area contributed by atoms with E-state index >= 15 is 0 Å². The van der Waals surface area contributed by atoms with Gasteiger partial charge in [0.1, 0.15) is 0 Å². The summed E-state index contributed by atoms with van der Waals surface area (Å²) in [6, 6.07) is 0. The molecule has 0 aliphatic heterocycles. The van der Waals surface area contributed by atoms with Crippen LogP contribution in [0.15, 0.2) is 6.20 Å². The average molecular weight is 210 g/mol. The Morgan fingerprint density at radius 2 is 2.15 bits per heavy atom. The van der Waals surface area contributed by atoms with Gasteiger partial charge in [0, 0.05) is 6.20 Å². The van der Waals surface area contributed by atoms with Gasteiger partial charge in [-0.3, -0.25) is 4.79 Å². The number of pyridine rings is 1. The molecule has 0 saturated heterocycles. The molecular formula is C7H3ClF3NO. The molecule has 0 aromatic carbocycles. The molecule has 0 saturated carbocycles. The van der Waals surface area contributed by atoms with E-state index in [1.807, 2.05) is 0 Å². The van der Waals surface area contributed by atoms with Crippen molar-refractivity contribution in [3.8, 4) is 0 Å². The molecule has 6 heteroatoms. The zero-order valence-electron chi connectivity index (χ0n) is 6.10. The highest BCUT2D eigenvalue weighted by molar-refractivity contribution is 6.31. The van der Waals surface area contributed by atoms with E-state index in [-0.39, 0.29) is 6.29 Å². The fraction of sp³-hybridized carbons (Fsp3) is 0.143. The van der Waals surface area contributed by atoms with Crippen molar-refractivity contribution < 1.29 is 18.0 Å². The second kappa shape index (κ2) is 3.74. The third-order valence-corrected chi connectivity index (χ3v) is 1.70. The maximum Gasteiger partial charge on any atom is 0.266 e. The Kier molecular flexibility index (Phi) is 2.87. The van der Waals surface area contributed by atoms with Crippen LogP contribution in [0.25, 0.3) is 0 Å². The van der Waals surface area contributed by atoms with Crippen LogP contribution in [0.2, 0.25) is 5.02 Å². The minimum absolute atomic E-state index is 0.0320. The summed E-state index contributed by atoms with van der Waals surface area (Å²) in [5.74, 6) is -1.24. The summed E-state index contributed by atoms with van der Waals surface area (Å²) < 4.78 is 37.1. The van der Waals surface area contributed by atoms with Crippen LogP contribution in [-0.4, -0.2) is 11.3 Å². The van der Waals surface area contributed by atoms with Crippen LogP contribution in [0.3, 0.4) is 0 Å². The molecule has 1 aromatic rings. The SMILES string of the molecule is O=Cc1c(F)ncc(Cl)c1C(F)F. The molecule has 0 N–H and O–H groups in total. The molecular weight excluding hydrogens is 207 g/mol. The molecule has 0 amide bonds. The van der Waals surface area contributed by atoms with E-state index in [4.69, 9.17) is 11.6 Å². The first-order chi connectivity index (χ1) is 6.07. The molecule has 2 nitrogen and oxygen atoms in total. The van der Waals surface area contributed by atoms with E-state index < -0.39 is 28.5 Å². The first kappa shape index (κ1) is 9.98. The normalized spacial score (nSPS) is 10.5. The van der Waals surface area contributed by atoms with Gasteiger partial charge in [-0.25, -0.2) is 13.8 Å². The largest absolute Gasteiger partial charge is 0.298 e. The Labute approximate surface area is 76.3 Å². The number of aldehydes is 1. The highest BCUT2D eigenvalue weighted by Crippen LogP contribution is 2.29. The molecule has 0 aliphatic carbocycles. The highest BCUT2D eigenvalue weighted by Gasteiger charge is 2.20. The summed E-state index contributed by atoms with van der Waals surface area (Å²) in [5, 5.41) is -0.418. The van der Waals surface area contributed by atoms with Gasteiger partial charge in [0.2, 0.25) is 5.95 Å². The molecule has 0 atom stereocenters. The molecule has 1 rings (SSSR count). The number of nitrogens with zero attached hydrogens (tertiary/aromatic N) is 1. The summed E-state index contributed by atoms with van der Waals surface area (Å²) in [4.78, 5) is 13.3. The fourth-order valence-electron chi connectivity index (χ4n) is 0.826. The third-order valence-electron chi connectivity index (χ3n) is 1.40. The molecule has 0 spiro atoms. The third kappa shape index (κ3) is 1.80. The van der Waals surface area contributed by atoms with Crippen LogP contribution in [0.5, 0.6) is 0 Å². The van der Waals surface area contributed by atoms with E-state index in [0.29, 0.717) is 0 Å². The molecule has 1 heterocycles. The second-order valence-corrected chi connectivity index (χ2v) is 2.55. The lowest BCUT2D eigenvalue weighted by Crippen LogP contribution is -2.01. The maximum absolute atomic E-state index is 12.7. The Bertz CT molecular complexity index is 343. The molecule has 0 aliphatic rings. The van der Waals surface area contributed by atoms with Crippen LogP contribution in [-0.2, 0) is 0 Å². The standard InChI is InChI=1S/C7H3ClF3NO/c8-4-1-12-7(11)3(2-13)5(4)6(9)10/h1-2,6H. The number of aromatic nitrogens is 1. The van der Waals surface area contributed by atoms with Crippen molar-refractivity contribution in [3.05, 3.63) is 28.3 Å². The van der Waals surface area contributed by atoms with Crippen LogP contribution in [0.4, 0.5) is 13.2 Å². The number of carbonyl (C=O) groups is 1. The van der Waals surface area contributed by atoms with Crippen LogP contribution in [0.1, 0.15) is 22.3 Å². The van der Waals surface area contributed by atoms with E-state index in [1.54, 1.807) is 0 Å². The van der Waals surface area contributed by atoms with Gasteiger partial charge >= 0.3 is 0 Å². The predicted octanol–water partition coefficient (Wildman–Crippen LogP) is 2.62. The zero-order chi connectivity index (χ0) is 10.0. The Morgan fingerprint density at radius 3 is 2.54 bits per heavy atom. The molecule has 0 fully saturated rings. The number of hydrogen-bond acceptors (Lipinski definition) is 2. The number of hydrogen-bond donors (Lipinski definition) is 0. The number of carbonyl (C=O) groups excluding carboxylic acids is 1. The summed E-state index contributed by atoms with van der Waals surface area (Å²) in [5.41, 5.74) is -1.60. The number of rotatable bonds is 2. The Morgan fingerprint density at radius 1 is 1.54 bits per heavy atom. The van der Waals surface area contributed by atoms with Crippen LogP contribution < -0.4 is 0 Å². The molecule has 1 aromatic heterocycles. The van der Waals surface area contributed by atoms with E-state index in [2.05, 4.69) is 4.98 Å². The summed E-state index contributed by atoms with van der Waals surface area (Å²) in [7, 11) is 0. The second-order valence-electron chi connectivity index (χ2n) is 2.14. The summed E-state index contributed by atoms with van der Waals surface area (Å²) in [6.07, 6.45) is -2.29. The van der Waals surface area contributed by atoms with Crippen molar-refractivity contribution >= 4 is 17.9 Å². The molecule has 0 bridgehead atoms. The van der Waals surface area contributed by atoms with Gasteiger partial charge < -0.3 is 0 Å². The van der Waals surface area contributed by atoms with Gasteiger partial charge in [0.25, 0.3) is 6.43 Å². The monoisotopic (exact) mass is 209 g/mol. The smallest absolute Gasteiger partial charge is 0.266 e. The van der Waals surface area contributed by atoms with Crippen molar-refractivity contribution in [2.75, 3.05) is 0 Å². The maximum atomic E-state index is 12.7.